The van der Waals surface area contributed by atoms with Crippen LogP contribution in [0.4, 0.5) is 34.1 Å². The highest BCUT2D eigenvalue weighted by Gasteiger charge is 2.13. The van der Waals surface area contributed by atoms with Crippen LogP contribution >= 0.6 is 11.6 Å². The van der Waals surface area contributed by atoms with Crippen LogP contribution in [0.25, 0.3) is 0 Å². The Morgan fingerprint density at radius 2 is 0.804 bits per heavy atom. The van der Waals surface area contributed by atoms with Crippen molar-refractivity contribution in [3.05, 3.63) is 206 Å². The minimum Gasteiger partial charge on any atom is -0.458 e. The maximum atomic E-state index is 11.2. The molecule has 0 saturated carbocycles. The summed E-state index contributed by atoms with van der Waals surface area (Å²) in [5.74, 6) is -0.417. The van der Waals surface area contributed by atoms with Crippen molar-refractivity contribution in [1.29, 1.82) is 0 Å². The van der Waals surface area contributed by atoms with Crippen molar-refractivity contribution in [2.24, 2.45) is 0 Å². The van der Waals surface area contributed by atoms with Crippen LogP contribution in [0.2, 0.25) is 0 Å². The van der Waals surface area contributed by atoms with Gasteiger partial charge < -0.3 is 19.6 Å². The molecule has 0 aromatic heterocycles. The molecule has 51 heavy (non-hydrogen) atoms. The Morgan fingerprint density at radius 1 is 0.510 bits per heavy atom. The summed E-state index contributed by atoms with van der Waals surface area (Å²) < 4.78 is 5.08. The maximum absolute atomic E-state index is 11.2. The molecule has 0 radical (unpaired) electrons. The molecular weight excluding hydrogens is 656 g/mol. The molecular formula is C44H39ClN2O4. The van der Waals surface area contributed by atoms with E-state index in [0.717, 1.165) is 51.3 Å². The number of ether oxygens (including phenoxy) is 1. The highest BCUT2D eigenvalue weighted by atomic mass is 35.5. The second-order valence-electron chi connectivity index (χ2n) is 10.8. The highest BCUT2D eigenvalue weighted by molar-refractivity contribution is 6.66. The van der Waals surface area contributed by atoms with Gasteiger partial charge in [-0.25, -0.2) is 4.79 Å². The smallest absolute Gasteiger partial charge is 0.330 e. The summed E-state index contributed by atoms with van der Waals surface area (Å²) in [6.07, 6.45) is 2.21. The number of nitrogens with zero attached hydrogens (tertiary/aromatic N) is 2. The zero-order valence-electron chi connectivity index (χ0n) is 28.1. The lowest BCUT2D eigenvalue weighted by atomic mass is 10.1. The van der Waals surface area contributed by atoms with E-state index in [1.807, 2.05) is 121 Å². The van der Waals surface area contributed by atoms with Gasteiger partial charge in [-0.2, -0.15) is 0 Å². The van der Waals surface area contributed by atoms with Gasteiger partial charge in [-0.3, -0.25) is 4.79 Å². The third kappa shape index (κ3) is 11.7. The molecule has 0 bridgehead atoms. The number of carbonyl (C=O) groups excluding carboxylic acids is 2. The monoisotopic (exact) mass is 694 g/mol. The maximum Gasteiger partial charge on any atom is 0.330 e. The van der Waals surface area contributed by atoms with Crippen molar-refractivity contribution >= 4 is 56.9 Å². The number of aliphatic hydroxyl groups excluding tert-OH is 1. The summed E-state index contributed by atoms with van der Waals surface area (Å²) in [6, 6.07) is 56.9. The number of halogens is 1. The Labute approximate surface area is 304 Å². The molecule has 6 nitrogen and oxygen atoms in total. The van der Waals surface area contributed by atoms with E-state index in [1.54, 1.807) is 0 Å². The predicted octanol–water partition coefficient (Wildman–Crippen LogP) is 11.0. The van der Waals surface area contributed by atoms with Crippen LogP contribution in [0, 0.1) is 0 Å². The molecule has 0 unspecified atom stereocenters. The van der Waals surface area contributed by atoms with Gasteiger partial charge in [0.2, 0.25) is 5.24 Å². The molecule has 256 valence electrons. The number of hydrogen-bond acceptors (Lipinski definition) is 6. The standard InChI is InChI=1S/C22H19NO2.C19H17NO.C3H3ClO/c1-2-22(24)25-17-18-13-15-21(16-14-18)23(19-9-5-3-6-10-19)20-11-7-4-8-12-20;21-15-16-11-13-19(14-12-16)20(17-7-3-1-4-8-17)18-9-5-2-6-10-18;1-2-3(4)5/h2-16H,1,17H2;1-14,21H,15H2;2H,1H2. The molecule has 0 aliphatic rings. The van der Waals surface area contributed by atoms with E-state index in [4.69, 9.17) is 16.3 Å². The van der Waals surface area contributed by atoms with E-state index in [0.29, 0.717) is 0 Å². The number of esters is 1. The molecule has 6 rings (SSSR count). The lowest BCUT2D eigenvalue weighted by molar-refractivity contribution is -0.139. The van der Waals surface area contributed by atoms with E-state index >= 15 is 0 Å². The molecule has 6 aromatic rings. The molecule has 0 spiro atoms. The van der Waals surface area contributed by atoms with E-state index in [9.17, 15) is 14.7 Å². The fraction of sp³-hybridized carbons (Fsp3) is 0.0455. The summed E-state index contributed by atoms with van der Waals surface area (Å²) in [5.41, 5.74) is 8.35. The van der Waals surface area contributed by atoms with Crippen LogP contribution in [-0.2, 0) is 27.5 Å². The minimum absolute atomic E-state index is 0.0664. The van der Waals surface area contributed by atoms with Crippen molar-refractivity contribution in [3.8, 4) is 0 Å². The molecule has 6 aromatic carbocycles. The van der Waals surface area contributed by atoms with Crippen LogP contribution in [0.15, 0.2) is 195 Å². The summed E-state index contributed by atoms with van der Waals surface area (Å²) in [6.45, 7) is 6.78. The van der Waals surface area contributed by atoms with Crippen LogP contribution in [0.3, 0.4) is 0 Å². The molecule has 0 aliphatic carbocycles. The number of para-hydroxylation sites is 4. The van der Waals surface area contributed by atoms with E-state index in [-0.39, 0.29) is 13.2 Å². The summed E-state index contributed by atoms with van der Waals surface area (Å²) in [4.78, 5) is 25.0. The SMILES string of the molecule is C=CC(=O)Cl.C=CC(=O)OCc1ccc(N(c2ccccc2)c2ccccc2)cc1.OCc1ccc(N(c2ccccc2)c2ccccc2)cc1. The number of carbonyl (C=O) groups is 2. The average Bonchev–Trinajstić information content (AvgIpc) is 3.20. The molecule has 0 atom stereocenters. The van der Waals surface area contributed by atoms with Gasteiger partial charge in [-0.15, -0.1) is 0 Å². The average molecular weight is 695 g/mol. The summed E-state index contributed by atoms with van der Waals surface area (Å²) in [5, 5.41) is 8.68. The van der Waals surface area contributed by atoms with Gasteiger partial charge in [-0.1, -0.05) is 110 Å². The van der Waals surface area contributed by atoms with Gasteiger partial charge in [0.15, 0.2) is 0 Å². The first-order chi connectivity index (χ1) is 24.9. The first kappa shape index (κ1) is 37.6. The van der Waals surface area contributed by atoms with Gasteiger partial charge in [0.1, 0.15) is 6.61 Å². The Bertz CT molecular complexity index is 1860. The number of aliphatic hydroxyl groups is 1. The Morgan fingerprint density at radius 3 is 1.08 bits per heavy atom. The Kier molecular flexibility index (Phi) is 15.0. The molecule has 0 fully saturated rings. The van der Waals surface area contributed by atoms with E-state index in [1.165, 1.54) is 6.08 Å². The first-order valence-corrected chi connectivity index (χ1v) is 16.5. The number of hydrogen-bond donors (Lipinski definition) is 1. The number of allylic oxidation sites excluding steroid dienone is 1. The van der Waals surface area contributed by atoms with Crippen LogP contribution in [0.5, 0.6) is 0 Å². The predicted molar refractivity (Wildman–Crippen MR) is 209 cm³/mol. The zero-order chi connectivity index (χ0) is 36.3. The third-order valence-corrected chi connectivity index (χ3v) is 7.49. The topological polar surface area (TPSA) is 70.1 Å². The number of anilines is 6. The van der Waals surface area contributed by atoms with Crippen molar-refractivity contribution in [1.82, 2.24) is 0 Å². The molecule has 0 aliphatic heterocycles. The second-order valence-corrected chi connectivity index (χ2v) is 11.2. The van der Waals surface area contributed by atoms with Crippen molar-refractivity contribution in [2.75, 3.05) is 9.80 Å². The van der Waals surface area contributed by atoms with Crippen LogP contribution in [0.1, 0.15) is 11.1 Å². The number of rotatable bonds is 11. The third-order valence-electron chi connectivity index (χ3n) is 7.34. The minimum atomic E-state index is -0.509. The summed E-state index contributed by atoms with van der Waals surface area (Å²) >= 11 is 4.71. The Balaban J connectivity index is 0.000000204. The molecule has 0 heterocycles. The van der Waals surface area contributed by atoms with Crippen molar-refractivity contribution < 1.29 is 19.4 Å². The van der Waals surface area contributed by atoms with E-state index in [2.05, 4.69) is 71.5 Å². The fourth-order valence-corrected chi connectivity index (χ4v) is 4.91. The zero-order valence-corrected chi connectivity index (χ0v) is 28.8. The first-order valence-electron chi connectivity index (χ1n) is 16.1. The van der Waals surface area contributed by atoms with E-state index < -0.39 is 11.2 Å². The Hall–Kier alpha value is -6.21. The van der Waals surface area contributed by atoms with Gasteiger partial charge in [0, 0.05) is 40.2 Å². The van der Waals surface area contributed by atoms with Gasteiger partial charge in [0.25, 0.3) is 0 Å². The molecule has 0 amide bonds. The van der Waals surface area contributed by atoms with Crippen molar-refractivity contribution in [3.63, 3.8) is 0 Å². The van der Waals surface area contributed by atoms with Crippen LogP contribution < -0.4 is 9.80 Å². The largest absolute Gasteiger partial charge is 0.458 e. The number of benzene rings is 6. The molecule has 1 N–H and O–H groups in total. The lowest BCUT2D eigenvalue weighted by Crippen LogP contribution is -2.09. The van der Waals surface area contributed by atoms with Gasteiger partial charge >= 0.3 is 5.97 Å². The fourth-order valence-electron chi connectivity index (χ4n) is 4.91. The quantitative estimate of drug-likeness (QED) is 0.0827. The summed E-state index contributed by atoms with van der Waals surface area (Å²) in [7, 11) is 0. The van der Waals surface area contributed by atoms with Crippen molar-refractivity contribution in [2.45, 2.75) is 13.2 Å². The van der Waals surface area contributed by atoms with Gasteiger partial charge in [0.05, 0.1) is 6.61 Å². The second kappa shape index (κ2) is 20.3. The van der Waals surface area contributed by atoms with Crippen LogP contribution in [-0.4, -0.2) is 16.3 Å². The normalized spacial score (nSPS) is 9.84. The highest BCUT2D eigenvalue weighted by Crippen LogP contribution is 2.35. The molecule has 7 heteroatoms. The lowest BCUT2D eigenvalue weighted by Gasteiger charge is -2.25. The molecule has 0 saturated heterocycles. The van der Waals surface area contributed by atoms with Gasteiger partial charge in [-0.05, 0) is 102 Å².